The second-order valence-corrected chi connectivity index (χ2v) is 6.64. The molecule has 5 nitrogen and oxygen atoms in total. The maximum absolute atomic E-state index is 11.6. The molecule has 0 spiro atoms. The van der Waals surface area contributed by atoms with Crippen LogP contribution in [-0.4, -0.2) is 62.5 Å². The van der Waals surface area contributed by atoms with Gasteiger partial charge in [0.25, 0.3) is 0 Å². The van der Waals surface area contributed by atoms with Crippen LogP contribution in [0.4, 0.5) is 0 Å². The molecule has 126 valence electrons. The Balaban J connectivity index is 2.40. The molecular formula is C16H30N4OS. The summed E-state index contributed by atoms with van der Waals surface area (Å²) >= 11 is 1.79. The zero-order valence-electron chi connectivity index (χ0n) is 14.2. The van der Waals surface area contributed by atoms with E-state index in [1.54, 1.807) is 36.3 Å². The van der Waals surface area contributed by atoms with Gasteiger partial charge in [-0.25, -0.2) is 4.99 Å². The van der Waals surface area contributed by atoms with Gasteiger partial charge in [0.1, 0.15) is 6.54 Å². The molecule has 1 rings (SSSR count). The fourth-order valence-corrected chi connectivity index (χ4v) is 2.51. The number of amides is 1. The van der Waals surface area contributed by atoms with Crippen LogP contribution in [-0.2, 0) is 4.79 Å². The first-order valence-corrected chi connectivity index (χ1v) is 9.42. The first kappa shape index (κ1) is 18.9. The molecule has 2 N–H and O–H groups in total. The van der Waals surface area contributed by atoms with Gasteiger partial charge in [0, 0.05) is 32.9 Å². The zero-order chi connectivity index (χ0) is 16.2. The highest BCUT2D eigenvalue weighted by Crippen LogP contribution is 2.19. The summed E-state index contributed by atoms with van der Waals surface area (Å²) in [5.41, 5.74) is 1.55. The second-order valence-electron chi connectivity index (χ2n) is 5.66. The van der Waals surface area contributed by atoms with Gasteiger partial charge in [0.2, 0.25) is 5.91 Å². The Morgan fingerprint density at radius 1 is 1.32 bits per heavy atom. The van der Waals surface area contributed by atoms with E-state index in [4.69, 9.17) is 0 Å². The first-order chi connectivity index (χ1) is 10.6. The van der Waals surface area contributed by atoms with Crippen LogP contribution in [0, 0.1) is 0 Å². The van der Waals surface area contributed by atoms with Crippen molar-refractivity contribution in [3.63, 3.8) is 0 Å². The predicted octanol–water partition coefficient (Wildman–Crippen LogP) is 1.86. The number of likely N-dealkylation sites (N-methyl/N-ethyl adjacent to an activating group) is 1. The Labute approximate surface area is 139 Å². The van der Waals surface area contributed by atoms with Crippen molar-refractivity contribution in [2.24, 2.45) is 4.99 Å². The number of thioether (sulfide) groups is 1. The van der Waals surface area contributed by atoms with Crippen molar-refractivity contribution in [3.05, 3.63) is 11.6 Å². The minimum Gasteiger partial charge on any atom is -0.356 e. The minimum absolute atomic E-state index is 0.0148. The van der Waals surface area contributed by atoms with Crippen molar-refractivity contribution in [3.8, 4) is 0 Å². The van der Waals surface area contributed by atoms with E-state index in [1.165, 1.54) is 25.7 Å². The summed E-state index contributed by atoms with van der Waals surface area (Å²) < 4.78 is 0. The molecule has 0 saturated heterocycles. The van der Waals surface area contributed by atoms with E-state index in [0.717, 1.165) is 31.2 Å². The van der Waals surface area contributed by atoms with Gasteiger partial charge in [-0.05, 0) is 38.4 Å². The summed E-state index contributed by atoms with van der Waals surface area (Å²) in [6.45, 7) is 1.91. The zero-order valence-corrected chi connectivity index (χ0v) is 15.0. The molecule has 0 heterocycles. The molecule has 1 aliphatic carbocycles. The van der Waals surface area contributed by atoms with Crippen LogP contribution in [0.2, 0.25) is 0 Å². The van der Waals surface area contributed by atoms with Crippen LogP contribution in [0.15, 0.2) is 16.6 Å². The number of carbonyl (C=O) groups excluding carboxylic acids is 1. The van der Waals surface area contributed by atoms with Gasteiger partial charge < -0.3 is 15.5 Å². The average Bonchev–Trinajstić information content (AvgIpc) is 2.52. The van der Waals surface area contributed by atoms with Crippen molar-refractivity contribution in [2.45, 2.75) is 32.1 Å². The summed E-state index contributed by atoms with van der Waals surface area (Å²) in [6, 6.07) is 0. The number of nitrogens with zero attached hydrogens (tertiary/aromatic N) is 2. The molecule has 0 bridgehead atoms. The molecule has 22 heavy (non-hydrogen) atoms. The standard InChI is InChI=1S/C16H30N4OS/c1-20(2)15(21)13-19-16(18-11-12-22-3)17-10-9-14-7-5-4-6-8-14/h7H,4-6,8-13H2,1-3H3,(H2,17,18,19). The normalized spacial score (nSPS) is 15.2. The van der Waals surface area contributed by atoms with Crippen molar-refractivity contribution < 1.29 is 4.79 Å². The Bertz CT molecular complexity index is 394. The van der Waals surface area contributed by atoms with Crippen molar-refractivity contribution in [1.29, 1.82) is 0 Å². The van der Waals surface area contributed by atoms with Crippen LogP contribution < -0.4 is 10.6 Å². The molecular weight excluding hydrogens is 296 g/mol. The molecule has 0 aliphatic heterocycles. The van der Waals surface area contributed by atoms with Crippen LogP contribution in [0.25, 0.3) is 0 Å². The molecule has 1 aliphatic rings. The SMILES string of the molecule is CSCCNC(=NCC(=O)N(C)C)NCCC1=CCCCC1. The highest BCUT2D eigenvalue weighted by atomic mass is 32.2. The lowest BCUT2D eigenvalue weighted by molar-refractivity contribution is -0.127. The summed E-state index contributed by atoms with van der Waals surface area (Å²) in [6.07, 6.45) is 10.6. The van der Waals surface area contributed by atoms with Gasteiger partial charge >= 0.3 is 0 Å². The van der Waals surface area contributed by atoms with Gasteiger partial charge in [-0.15, -0.1) is 0 Å². The minimum atomic E-state index is 0.0148. The van der Waals surface area contributed by atoms with E-state index < -0.39 is 0 Å². The fourth-order valence-electron chi connectivity index (χ4n) is 2.21. The lowest BCUT2D eigenvalue weighted by Crippen LogP contribution is -2.40. The molecule has 0 aromatic carbocycles. The van der Waals surface area contributed by atoms with Crippen molar-refractivity contribution in [2.75, 3.05) is 45.7 Å². The summed E-state index contributed by atoms with van der Waals surface area (Å²) in [5, 5.41) is 6.62. The van der Waals surface area contributed by atoms with Crippen LogP contribution in [0.1, 0.15) is 32.1 Å². The number of carbonyl (C=O) groups is 1. The lowest BCUT2D eigenvalue weighted by atomic mass is 9.97. The van der Waals surface area contributed by atoms with Crippen molar-refractivity contribution >= 4 is 23.6 Å². The van der Waals surface area contributed by atoms with E-state index in [-0.39, 0.29) is 12.5 Å². The van der Waals surface area contributed by atoms with E-state index in [1.807, 2.05) is 0 Å². The Morgan fingerprint density at radius 3 is 2.73 bits per heavy atom. The maximum Gasteiger partial charge on any atom is 0.243 e. The van der Waals surface area contributed by atoms with Gasteiger partial charge in [-0.3, -0.25) is 4.79 Å². The Morgan fingerprint density at radius 2 is 2.09 bits per heavy atom. The molecule has 0 saturated carbocycles. The summed E-state index contributed by atoms with van der Waals surface area (Å²) in [5.74, 6) is 1.77. The number of hydrogen-bond donors (Lipinski definition) is 2. The molecule has 0 fully saturated rings. The van der Waals surface area contributed by atoms with E-state index in [0.29, 0.717) is 0 Å². The quantitative estimate of drug-likeness (QED) is 0.309. The summed E-state index contributed by atoms with van der Waals surface area (Å²) in [7, 11) is 3.50. The number of guanidine groups is 1. The van der Waals surface area contributed by atoms with Gasteiger partial charge in [0.05, 0.1) is 0 Å². The molecule has 0 radical (unpaired) electrons. The summed E-state index contributed by atoms with van der Waals surface area (Å²) in [4.78, 5) is 17.6. The average molecular weight is 327 g/mol. The molecule has 0 atom stereocenters. The Hall–Kier alpha value is -1.17. The van der Waals surface area contributed by atoms with Gasteiger partial charge in [0.15, 0.2) is 5.96 Å². The highest BCUT2D eigenvalue weighted by molar-refractivity contribution is 7.98. The van der Waals surface area contributed by atoms with Crippen LogP contribution >= 0.6 is 11.8 Å². The lowest BCUT2D eigenvalue weighted by Gasteiger charge is -2.16. The fraction of sp³-hybridized carbons (Fsp3) is 0.750. The topological polar surface area (TPSA) is 56.7 Å². The third-order valence-corrected chi connectivity index (χ3v) is 4.21. The number of allylic oxidation sites excluding steroid dienone is 1. The Kier molecular flexibility index (Phi) is 9.79. The van der Waals surface area contributed by atoms with E-state index in [9.17, 15) is 4.79 Å². The maximum atomic E-state index is 11.6. The first-order valence-electron chi connectivity index (χ1n) is 8.02. The van der Waals surface area contributed by atoms with Gasteiger partial charge in [-0.1, -0.05) is 11.6 Å². The third kappa shape index (κ3) is 8.32. The predicted molar refractivity (Wildman–Crippen MR) is 96.6 cm³/mol. The molecule has 0 unspecified atom stereocenters. The van der Waals surface area contributed by atoms with Crippen LogP contribution in [0.5, 0.6) is 0 Å². The smallest absolute Gasteiger partial charge is 0.243 e. The number of rotatable bonds is 8. The largest absolute Gasteiger partial charge is 0.356 e. The molecule has 0 aromatic rings. The molecule has 6 heteroatoms. The number of nitrogens with one attached hydrogen (secondary N) is 2. The third-order valence-electron chi connectivity index (χ3n) is 3.59. The number of aliphatic imine (C=N–C) groups is 1. The highest BCUT2D eigenvalue weighted by Gasteiger charge is 2.06. The van der Waals surface area contributed by atoms with E-state index >= 15 is 0 Å². The van der Waals surface area contributed by atoms with Gasteiger partial charge in [-0.2, -0.15) is 11.8 Å². The van der Waals surface area contributed by atoms with Crippen LogP contribution in [0.3, 0.4) is 0 Å². The number of hydrogen-bond acceptors (Lipinski definition) is 3. The molecule has 1 amide bonds. The second kappa shape index (κ2) is 11.4. The monoisotopic (exact) mass is 326 g/mol. The van der Waals surface area contributed by atoms with Crippen molar-refractivity contribution in [1.82, 2.24) is 15.5 Å². The van der Waals surface area contributed by atoms with E-state index in [2.05, 4.69) is 28.0 Å². The molecule has 0 aromatic heterocycles.